The first-order valence-electron chi connectivity index (χ1n) is 9.41. The summed E-state index contributed by atoms with van der Waals surface area (Å²) in [7, 11) is 0. The number of nitrogens with zero attached hydrogens (tertiary/aromatic N) is 1. The molecule has 0 aliphatic carbocycles. The van der Waals surface area contributed by atoms with Crippen molar-refractivity contribution in [1.82, 2.24) is 0 Å². The molecular weight excluding hydrogens is 406 g/mol. The fourth-order valence-electron chi connectivity index (χ4n) is 3.26. The number of hydrogen-bond acceptors (Lipinski definition) is 4. The van der Waals surface area contributed by atoms with E-state index < -0.39 is 29.4 Å². The van der Waals surface area contributed by atoms with Gasteiger partial charge in [0.25, 0.3) is 17.7 Å². The van der Waals surface area contributed by atoms with E-state index in [0.29, 0.717) is 24.1 Å². The van der Waals surface area contributed by atoms with Crippen molar-refractivity contribution >= 4 is 29.1 Å². The lowest BCUT2D eigenvalue weighted by atomic mass is 10.1. The van der Waals surface area contributed by atoms with Crippen LogP contribution < -0.4 is 15.0 Å². The molecule has 6 nitrogen and oxygen atoms in total. The SMILES string of the molecule is CCOc1ccc(N2C(=O)c3ccc(C(=O)Nc4ccc(F)cc4F)cc3C2=O)cc1. The van der Waals surface area contributed by atoms with Gasteiger partial charge < -0.3 is 10.1 Å². The minimum absolute atomic E-state index is 0.0529. The number of halogens is 2. The van der Waals surface area contributed by atoms with Crippen molar-refractivity contribution in [1.29, 1.82) is 0 Å². The molecule has 4 rings (SSSR count). The lowest BCUT2D eigenvalue weighted by Crippen LogP contribution is -2.29. The second-order valence-corrected chi connectivity index (χ2v) is 6.71. The first-order valence-corrected chi connectivity index (χ1v) is 9.41. The highest BCUT2D eigenvalue weighted by molar-refractivity contribution is 6.34. The minimum atomic E-state index is -0.928. The third-order valence-electron chi connectivity index (χ3n) is 4.73. The highest BCUT2D eigenvalue weighted by atomic mass is 19.1. The van der Waals surface area contributed by atoms with Crippen LogP contribution in [0.15, 0.2) is 60.7 Å². The molecule has 0 radical (unpaired) electrons. The molecule has 0 saturated heterocycles. The van der Waals surface area contributed by atoms with Crippen molar-refractivity contribution in [3.8, 4) is 5.75 Å². The average molecular weight is 422 g/mol. The fourth-order valence-corrected chi connectivity index (χ4v) is 3.26. The molecule has 1 heterocycles. The predicted octanol–water partition coefficient (Wildman–Crippen LogP) is 4.42. The number of carbonyl (C=O) groups excluding carboxylic acids is 3. The molecular formula is C23H16F2N2O4. The number of anilines is 2. The number of benzene rings is 3. The number of nitrogens with one attached hydrogen (secondary N) is 1. The summed E-state index contributed by atoms with van der Waals surface area (Å²) in [5.74, 6) is -2.88. The summed E-state index contributed by atoms with van der Waals surface area (Å²) in [6.45, 7) is 2.33. The number of rotatable bonds is 5. The molecule has 3 amide bonds. The standard InChI is InChI=1S/C23H16F2N2O4/c1-2-31-16-7-5-15(6-8-16)27-22(29)17-9-3-13(11-18(17)23(27)30)21(28)26-20-10-4-14(24)12-19(20)25/h3-12H,2H2,1H3,(H,26,28). The number of carbonyl (C=O) groups is 3. The summed E-state index contributed by atoms with van der Waals surface area (Å²) in [6, 6.07) is 13.3. The monoisotopic (exact) mass is 422 g/mol. The lowest BCUT2D eigenvalue weighted by Gasteiger charge is -2.14. The fraction of sp³-hybridized carbons (Fsp3) is 0.0870. The smallest absolute Gasteiger partial charge is 0.266 e. The molecule has 1 aliphatic heterocycles. The van der Waals surface area contributed by atoms with Gasteiger partial charge in [-0.15, -0.1) is 0 Å². The molecule has 0 aromatic heterocycles. The van der Waals surface area contributed by atoms with Gasteiger partial charge in [-0.3, -0.25) is 14.4 Å². The molecule has 1 N–H and O–H groups in total. The van der Waals surface area contributed by atoms with Gasteiger partial charge in [0.15, 0.2) is 0 Å². The first-order chi connectivity index (χ1) is 14.9. The van der Waals surface area contributed by atoms with Gasteiger partial charge in [-0.2, -0.15) is 0 Å². The number of ether oxygens (including phenoxy) is 1. The molecule has 156 valence electrons. The maximum atomic E-state index is 13.8. The summed E-state index contributed by atoms with van der Waals surface area (Å²) in [5, 5.41) is 2.33. The number of imide groups is 1. The van der Waals surface area contributed by atoms with Gasteiger partial charge in [0, 0.05) is 11.6 Å². The summed E-state index contributed by atoms with van der Waals surface area (Å²) < 4.78 is 32.2. The maximum absolute atomic E-state index is 13.8. The van der Waals surface area contributed by atoms with Crippen LogP contribution in [0.3, 0.4) is 0 Å². The van der Waals surface area contributed by atoms with Crippen LogP contribution in [0.5, 0.6) is 5.75 Å². The van der Waals surface area contributed by atoms with E-state index in [1.165, 1.54) is 18.2 Å². The van der Waals surface area contributed by atoms with E-state index in [0.717, 1.165) is 17.0 Å². The summed E-state index contributed by atoms with van der Waals surface area (Å²) in [4.78, 5) is 39.1. The van der Waals surface area contributed by atoms with Gasteiger partial charge in [0.1, 0.15) is 17.4 Å². The van der Waals surface area contributed by atoms with Crippen molar-refractivity contribution in [2.75, 3.05) is 16.8 Å². The number of amides is 3. The molecule has 31 heavy (non-hydrogen) atoms. The Hall–Kier alpha value is -4.07. The zero-order valence-corrected chi connectivity index (χ0v) is 16.3. The quantitative estimate of drug-likeness (QED) is 0.618. The summed E-state index contributed by atoms with van der Waals surface area (Å²) >= 11 is 0. The first kappa shape index (κ1) is 20.2. The average Bonchev–Trinajstić information content (AvgIpc) is 3.01. The van der Waals surface area contributed by atoms with Gasteiger partial charge >= 0.3 is 0 Å². The molecule has 0 atom stereocenters. The zero-order chi connectivity index (χ0) is 22.1. The molecule has 0 bridgehead atoms. The van der Waals surface area contributed by atoms with Crippen molar-refractivity contribution in [2.24, 2.45) is 0 Å². The molecule has 1 aliphatic rings. The highest BCUT2D eigenvalue weighted by Crippen LogP contribution is 2.30. The lowest BCUT2D eigenvalue weighted by molar-refractivity contribution is 0.0925. The molecule has 0 spiro atoms. The van der Waals surface area contributed by atoms with Crippen molar-refractivity contribution < 1.29 is 27.9 Å². The Balaban J connectivity index is 1.59. The van der Waals surface area contributed by atoms with Crippen LogP contribution >= 0.6 is 0 Å². The van der Waals surface area contributed by atoms with E-state index >= 15 is 0 Å². The van der Waals surface area contributed by atoms with Crippen molar-refractivity contribution in [3.05, 3.63) is 89.0 Å². The van der Waals surface area contributed by atoms with Gasteiger partial charge in [0.2, 0.25) is 0 Å². The minimum Gasteiger partial charge on any atom is -0.494 e. The van der Waals surface area contributed by atoms with E-state index in [2.05, 4.69) is 5.32 Å². The second-order valence-electron chi connectivity index (χ2n) is 6.71. The molecule has 8 heteroatoms. The van der Waals surface area contributed by atoms with Crippen molar-refractivity contribution in [2.45, 2.75) is 6.92 Å². The molecule has 0 unspecified atom stereocenters. The van der Waals surface area contributed by atoms with Crippen LogP contribution in [0.1, 0.15) is 38.0 Å². The van der Waals surface area contributed by atoms with Gasteiger partial charge in [0.05, 0.1) is 29.1 Å². The van der Waals surface area contributed by atoms with E-state index in [4.69, 9.17) is 4.74 Å². The Bertz CT molecular complexity index is 1210. The largest absolute Gasteiger partial charge is 0.494 e. The van der Waals surface area contributed by atoms with Crippen LogP contribution in [-0.4, -0.2) is 24.3 Å². The summed E-state index contributed by atoms with van der Waals surface area (Å²) in [6.07, 6.45) is 0. The molecule has 3 aromatic rings. The van der Waals surface area contributed by atoms with Gasteiger partial charge in [-0.25, -0.2) is 13.7 Å². The second kappa shape index (κ2) is 7.98. The highest BCUT2D eigenvalue weighted by Gasteiger charge is 2.37. The van der Waals surface area contributed by atoms with Gasteiger partial charge in [-0.05, 0) is 61.5 Å². The van der Waals surface area contributed by atoms with E-state index in [1.807, 2.05) is 6.92 Å². The third kappa shape index (κ3) is 3.75. The Morgan fingerprint density at radius 1 is 0.935 bits per heavy atom. The topological polar surface area (TPSA) is 75.7 Å². The van der Waals surface area contributed by atoms with Crippen LogP contribution in [0.25, 0.3) is 0 Å². The normalized spacial score (nSPS) is 12.7. The number of fused-ring (bicyclic) bond motifs is 1. The van der Waals surface area contributed by atoms with E-state index in [-0.39, 0.29) is 22.4 Å². The van der Waals surface area contributed by atoms with Crippen LogP contribution in [-0.2, 0) is 0 Å². The van der Waals surface area contributed by atoms with Crippen LogP contribution in [0.4, 0.5) is 20.2 Å². The zero-order valence-electron chi connectivity index (χ0n) is 16.3. The Morgan fingerprint density at radius 3 is 2.32 bits per heavy atom. The Kier molecular flexibility index (Phi) is 5.21. The molecule has 0 fully saturated rings. The van der Waals surface area contributed by atoms with Crippen LogP contribution in [0.2, 0.25) is 0 Å². The Labute approximate surface area is 176 Å². The number of hydrogen-bond donors (Lipinski definition) is 1. The van der Waals surface area contributed by atoms with Crippen molar-refractivity contribution in [3.63, 3.8) is 0 Å². The van der Waals surface area contributed by atoms with Crippen LogP contribution in [0, 0.1) is 11.6 Å². The third-order valence-corrected chi connectivity index (χ3v) is 4.73. The van der Waals surface area contributed by atoms with Gasteiger partial charge in [-0.1, -0.05) is 0 Å². The predicted molar refractivity (Wildman–Crippen MR) is 110 cm³/mol. The summed E-state index contributed by atoms with van der Waals surface area (Å²) in [5.41, 5.74) is 0.436. The molecule has 3 aromatic carbocycles. The maximum Gasteiger partial charge on any atom is 0.266 e. The van der Waals surface area contributed by atoms with E-state index in [1.54, 1.807) is 24.3 Å². The Morgan fingerprint density at radius 2 is 1.65 bits per heavy atom. The van der Waals surface area contributed by atoms with E-state index in [9.17, 15) is 23.2 Å². The molecule has 0 saturated carbocycles.